The van der Waals surface area contributed by atoms with Gasteiger partial charge in [0.1, 0.15) is 0 Å². The molecule has 1 nitrogen and oxygen atoms in total. The SMILES string of the molecule is CC.CC.CCCC(c1c[nH]c2ccccc12)C(F)(F)F. The molecule has 4 heteroatoms. The van der Waals surface area contributed by atoms with Crippen LogP contribution in [0.15, 0.2) is 30.5 Å². The number of H-pyrrole nitrogens is 1. The third kappa shape index (κ3) is 5.10. The smallest absolute Gasteiger partial charge is 0.361 e. The summed E-state index contributed by atoms with van der Waals surface area (Å²) >= 11 is 0. The lowest BCUT2D eigenvalue weighted by atomic mass is 9.93. The molecule has 1 N–H and O–H groups in total. The summed E-state index contributed by atoms with van der Waals surface area (Å²) in [5.41, 5.74) is 1.11. The molecule has 0 fully saturated rings. The van der Waals surface area contributed by atoms with E-state index >= 15 is 0 Å². The molecule has 0 aliphatic heterocycles. The van der Waals surface area contributed by atoms with Gasteiger partial charge in [0.15, 0.2) is 0 Å². The molecule has 0 amide bonds. The second-order valence-corrected chi connectivity index (χ2v) is 4.17. The molecule has 1 aromatic carbocycles. The first-order valence-corrected chi connectivity index (χ1v) is 7.66. The maximum Gasteiger partial charge on any atom is 0.395 e. The summed E-state index contributed by atoms with van der Waals surface area (Å²) in [6, 6.07) is 7.10. The number of aromatic nitrogens is 1. The number of halogens is 3. The molecular weight excluding hydrogens is 275 g/mol. The van der Waals surface area contributed by atoms with Crippen molar-refractivity contribution in [2.24, 2.45) is 0 Å². The Morgan fingerprint density at radius 2 is 1.62 bits per heavy atom. The van der Waals surface area contributed by atoms with Gasteiger partial charge in [0, 0.05) is 17.1 Å². The molecular formula is C17H26F3N. The molecule has 0 aliphatic carbocycles. The van der Waals surface area contributed by atoms with Gasteiger partial charge < -0.3 is 4.98 Å². The van der Waals surface area contributed by atoms with Gasteiger partial charge in [-0.2, -0.15) is 13.2 Å². The lowest BCUT2D eigenvalue weighted by molar-refractivity contribution is -0.151. The minimum atomic E-state index is -4.18. The van der Waals surface area contributed by atoms with Gasteiger partial charge in [-0.25, -0.2) is 0 Å². The second-order valence-electron chi connectivity index (χ2n) is 4.17. The fourth-order valence-electron chi connectivity index (χ4n) is 2.17. The Hall–Kier alpha value is -1.45. The van der Waals surface area contributed by atoms with Gasteiger partial charge in [-0.1, -0.05) is 59.2 Å². The molecule has 1 unspecified atom stereocenters. The number of rotatable bonds is 3. The van der Waals surface area contributed by atoms with Crippen molar-refractivity contribution < 1.29 is 13.2 Å². The van der Waals surface area contributed by atoms with Crippen molar-refractivity contribution in [1.29, 1.82) is 0 Å². The highest BCUT2D eigenvalue weighted by Crippen LogP contribution is 2.40. The van der Waals surface area contributed by atoms with Crippen LogP contribution in [0.3, 0.4) is 0 Å². The molecule has 2 rings (SSSR count). The van der Waals surface area contributed by atoms with Crippen LogP contribution in [0.1, 0.15) is 58.9 Å². The number of fused-ring (bicyclic) bond motifs is 1. The van der Waals surface area contributed by atoms with Gasteiger partial charge in [-0.05, 0) is 18.1 Å². The number of alkyl halides is 3. The summed E-state index contributed by atoms with van der Waals surface area (Å²) in [6.07, 6.45) is -2.05. The van der Waals surface area contributed by atoms with Crippen molar-refractivity contribution in [2.45, 2.75) is 59.6 Å². The highest BCUT2D eigenvalue weighted by Gasteiger charge is 2.40. The van der Waals surface area contributed by atoms with Crippen LogP contribution in [0.4, 0.5) is 13.2 Å². The van der Waals surface area contributed by atoms with Crippen molar-refractivity contribution >= 4 is 10.9 Å². The van der Waals surface area contributed by atoms with Gasteiger partial charge in [0.2, 0.25) is 0 Å². The average Bonchev–Trinajstić information content (AvgIpc) is 2.91. The fraction of sp³-hybridized carbons (Fsp3) is 0.529. The minimum Gasteiger partial charge on any atom is -0.361 e. The third-order valence-electron chi connectivity index (χ3n) is 2.97. The van der Waals surface area contributed by atoms with Crippen molar-refractivity contribution in [1.82, 2.24) is 4.98 Å². The molecule has 1 atom stereocenters. The number of nitrogens with one attached hydrogen (secondary N) is 1. The van der Waals surface area contributed by atoms with Gasteiger partial charge in [-0.15, -0.1) is 0 Å². The normalized spacial score (nSPS) is 12.0. The summed E-state index contributed by atoms with van der Waals surface area (Å²) < 4.78 is 39.0. The van der Waals surface area contributed by atoms with E-state index in [2.05, 4.69) is 4.98 Å². The molecule has 2 aromatic rings. The topological polar surface area (TPSA) is 15.8 Å². The van der Waals surface area contributed by atoms with Gasteiger partial charge in [-0.3, -0.25) is 0 Å². The van der Waals surface area contributed by atoms with E-state index in [0.29, 0.717) is 17.4 Å². The van der Waals surface area contributed by atoms with Crippen LogP contribution in [-0.4, -0.2) is 11.2 Å². The standard InChI is InChI=1S/C13H14F3N.2C2H6/c1-2-5-11(13(14,15)16)10-8-17-12-7-4-3-6-9(10)12;2*1-2/h3-4,6-8,11,17H,2,5H2,1H3;2*1-2H3. The molecule has 0 aliphatic rings. The Morgan fingerprint density at radius 3 is 2.14 bits per heavy atom. The molecule has 0 saturated carbocycles. The maximum absolute atomic E-state index is 13.0. The molecule has 0 saturated heterocycles. The first kappa shape index (κ1) is 19.6. The third-order valence-corrected chi connectivity index (χ3v) is 2.97. The van der Waals surface area contributed by atoms with Crippen molar-refractivity contribution in [3.05, 3.63) is 36.0 Å². The molecule has 0 radical (unpaired) electrons. The zero-order chi connectivity index (χ0) is 16.5. The lowest BCUT2D eigenvalue weighted by Crippen LogP contribution is -2.20. The summed E-state index contributed by atoms with van der Waals surface area (Å²) in [5.74, 6) is -1.37. The van der Waals surface area contributed by atoms with E-state index in [9.17, 15) is 13.2 Å². The quantitative estimate of drug-likeness (QED) is 0.652. The average molecular weight is 301 g/mol. The zero-order valence-corrected chi connectivity index (χ0v) is 13.5. The molecule has 120 valence electrons. The maximum atomic E-state index is 13.0. The van der Waals surface area contributed by atoms with Crippen LogP contribution in [0, 0.1) is 0 Å². The van der Waals surface area contributed by atoms with E-state index in [0.717, 1.165) is 5.52 Å². The molecule has 0 spiro atoms. The minimum absolute atomic E-state index is 0.130. The Balaban J connectivity index is 0.000000921. The van der Waals surface area contributed by atoms with Crippen molar-refractivity contribution in [3.63, 3.8) is 0 Å². The van der Waals surface area contributed by atoms with Crippen LogP contribution in [-0.2, 0) is 0 Å². The van der Waals surface area contributed by atoms with E-state index in [1.165, 1.54) is 6.20 Å². The largest absolute Gasteiger partial charge is 0.395 e. The number of aromatic amines is 1. The Kier molecular flexibility index (Phi) is 8.83. The Labute approximate surface area is 125 Å². The van der Waals surface area contributed by atoms with Crippen LogP contribution < -0.4 is 0 Å². The number of para-hydroxylation sites is 1. The predicted octanol–water partition coefficient (Wildman–Crippen LogP) is 6.67. The van der Waals surface area contributed by atoms with Gasteiger partial charge in [0.25, 0.3) is 0 Å². The zero-order valence-electron chi connectivity index (χ0n) is 13.5. The predicted molar refractivity (Wildman–Crippen MR) is 84.7 cm³/mol. The van der Waals surface area contributed by atoms with Crippen molar-refractivity contribution in [3.8, 4) is 0 Å². The highest BCUT2D eigenvalue weighted by molar-refractivity contribution is 5.83. The van der Waals surface area contributed by atoms with Crippen molar-refractivity contribution in [2.75, 3.05) is 0 Å². The fourth-order valence-corrected chi connectivity index (χ4v) is 2.17. The first-order chi connectivity index (χ1) is 10.0. The summed E-state index contributed by atoms with van der Waals surface area (Å²) in [5, 5.41) is 0.670. The number of hydrogen-bond donors (Lipinski definition) is 1. The van der Waals surface area contributed by atoms with E-state index in [1.807, 2.05) is 33.8 Å². The number of hydrogen-bond acceptors (Lipinski definition) is 0. The molecule has 0 bridgehead atoms. The second kappa shape index (κ2) is 9.48. The van der Waals surface area contributed by atoms with E-state index in [1.54, 1.807) is 25.1 Å². The van der Waals surface area contributed by atoms with Crippen LogP contribution >= 0.6 is 0 Å². The van der Waals surface area contributed by atoms with Crippen LogP contribution in [0.2, 0.25) is 0 Å². The Bertz CT molecular complexity index is 500. The van der Waals surface area contributed by atoms with E-state index in [4.69, 9.17) is 0 Å². The van der Waals surface area contributed by atoms with Crippen LogP contribution in [0.25, 0.3) is 10.9 Å². The highest BCUT2D eigenvalue weighted by atomic mass is 19.4. The first-order valence-electron chi connectivity index (χ1n) is 7.66. The van der Waals surface area contributed by atoms with E-state index < -0.39 is 12.1 Å². The van der Waals surface area contributed by atoms with E-state index in [-0.39, 0.29) is 6.42 Å². The summed E-state index contributed by atoms with van der Waals surface area (Å²) in [7, 11) is 0. The Morgan fingerprint density at radius 1 is 1.05 bits per heavy atom. The van der Waals surface area contributed by atoms with Crippen LogP contribution in [0.5, 0.6) is 0 Å². The molecule has 21 heavy (non-hydrogen) atoms. The summed E-state index contributed by atoms with van der Waals surface area (Å²) in [6.45, 7) is 9.77. The molecule has 1 aromatic heterocycles. The lowest BCUT2D eigenvalue weighted by Gasteiger charge is -2.19. The monoisotopic (exact) mass is 301 g/mol. The van der Waals surface area contributed by atoms with Gasteiger partial charge >= 0.3 is 6.18 Å². The summed E-state index contributed by atoms with van der Waals surface area (Å²) in [4.78, 5) is 2.90. The molecule has 1 heterocycles. The van der Waals surface area contributed by atoms with Gasteiger partial charge in [0.05, 0.1) is 5.92 Å². The number of benzene rings is 1.